The molecule has 43 valence electrons. The fourth-order valence-electron chi connectivity index (χ4n) is 0.403. The van der Waals surface area contributed by atoms with Gasteiger partial charge in [0.05, 0.1) is 0 Å². The Kier molecular flexibility index (Phi) is 2.96. The lowest BCUT2D eigenvalue weighted by Crippen LogP contribution is -2.05. The van der Waals surface area contributed by atoms with Crippen molar-refractivity contribution in [3.05, 3.63) is 0 Å². The Morgan fingerprint density at radius 1 is 1.57 bits per heavy atom. The molecule has 1 unspecified atom stereocenters. The van der Waals surface area contributed by atoms with Crippen molar-refractivity contribution >= 4 is 0 Å². The van der Waals surface area contributed by atoms with E-state index < -0.39 is 6.29 Å². The van der Waals surface area contributed by atoms with Gasteiger partial charge in [-0.15, -0.1) is 0 Å². The Balaban J connectivity index is 2.95. The lowest BCUT2D eigenvalue weighted by molar-refractivity contribution is -0.102. The molecule has 2 heteroatoms. The molecule has 0 aliphatic heterocycles. The van der Waals surface area contributed by atoms with Gasteiger partial charge in [-0.05, 0) is 5.92 Å². The van der Waals surface area contributed by atoms with Gasteiger partial charge in [-0.3, -0.25) is 0 Å². The SMILES string of the molecule is CC(C)CC([O])O. The predicted octanol–water partition coefficient (Wildman–Crippen LogP) is 0.781. The molecule has 0 aliphatic rings. The van der Waals surface area contributed by atoms with E-state index >= 15 is 0 Å². The van der Waals surface area contributed by atoms with E-state index in [1.54, 1.807) is 0 Å². The quantitative estimate of drug-likeness (QED) is 0.515. The third-order valence-corrected chi connectivity index (χ3v) is 0.673. The Morgan fingerprint density at radius 2 is 2.00 bits per heavy atom. The third-order valence-electron chi connectivity index (χ3n) is 0.673. The van der Waals surface area contributed by atoms with Gasteiger partial charge in [0.1, 0.15) is 0 Å². The molecule has 0 saturated carbocycles. The first kappa shape index (κ1) is 6.92. The van der Waals surface area contributed by atoms with E-state index in [0.29, 0.717) is 12.3 Å². The second-order valence-electron chi connectivity index (χ2n) is 2.08. The molecule has 0 spiro atoms. The topological polar surface area (TPSA) is 40.1 Å². The van der Waals surface area contributed by atoms with Crippen LogP contribution in [0.5, 0.6) is 0 Å². The van der Waals surface area contributed by atoms with Gasteiger partial charge in [-0.1, -0.05) is 13.8 Å². The zero-order valence-electron chi connectivity index (χ0n) is 4.72. The van der Waals surface area contributed by atoms with Crippen LogP contribution in [0.3, 0.4) is 0 Å². The minimum absolute atomic E-state index is 0.312. The lowest BCUT2D eigenvalue weighted by Gasteiger charge is -2.01. The molecule has 1 atom stereocenters. The molecule has 0 aromatic rings. The second kappa shape index (κ2) is 2.99. The van der Waals surface area contributed by atoms with Crippen molar-refractivity contribution in [1.82, 2.24) is 0 Å². The van der Waals surface area contributed by atoms with Crippen LogP contribution in [0, 0.1) is 5.92 Å². The summed E-state index contributed by atoms with van der Waals surface area (Å²) in [5.74, 6) is 0.312. The van der Waals surface area contributed by atoms with Crippen LogP contribution in [-0.4, -0.2) is 11.4 Å². The van der Waals surface area contributed by atoms with E-state index in [1.807, 2.05) is 13.8 Å². The molecule has 1 radical (unpaired) electrons. The molecular weight excluding hydrogens is 92.1 g/mol. The Hall–Kier alpha value is -0.0800. The monoisotopic (exact) mass is 103 g/mol. The van der Waals surface area contributed by atoms with Gasteiger partial charge in [-0.2, -0.15) is 0 Å². The van der Waals surface area contributed by atoms with Gasteiger partial charge in [0.25, 0.3) is 0 Å². The molecule has 0 bridgehead atoms. The molecule has 7 heavy (non-hydrogen) atoms. The fraction of sp³-hybridized carbons (Fsp3) is 1.00. The average Bonchev–Trinajstić information content (AvgIpc) is 1.27. The minimum Gasteiger partial charge on any atom is -0.366 e. The summed E-state index contributed by atoms with van der Waals surface area (Å²) in [5.41, 5.74) is 0. The van der Waals surface area contributed by atoms with E-state index in [0.717, 1.165) is 0 Å². The first-order chi connectivity index (χ1) is 3.13. The van der Waals surface area contributed by atoms with Gasteiger partial charge in [0, 0.05) is 6.42 Å². The highest BCUT2D eigenvalue weighted by molar-refractivity contribution is 4.43. The van der Waals surface area contributed by atoms with Crippen LogP contribution in [0.1, 0.15) is 20.3 Å². The summed E-state index contributed by atoms with van der Waals surface area (Å²) < 4.78 is 0. The van der Waals surface area contributed by atoms with Crippen molar-refractivity contribution in [2.75, 3.05) is 0 Å². The van der Waals surface area contributed by atoms with Crippen LogP contribution >= 0.6 is 0 Å². The van der Waals surface area contributed by atoms with Gasteiger partial charge in [0.2, 0.25) is 0 Å². The van der Waals surface area contributed by atoms with Crippen molar-refractivity contribution in [1.29, 1.82) is 0 Å². The van der Waals surface area contributed by atoms with Gasteiger partial charge >= 0.3 is 0 Å². The van der Waals surface area contributed by atoms with Crippen LogP contribution in [0.15, 0.2) is 0 Å². The summed E-state index contributed by atoms with van der Waals surface area (Å²) in [6.45, 7) is 3.81. The molecule has 0 amide bonds. The van der Waals surface area contributed by atoms with Gasteiger partial charge in [-0.25, -0.2) is 5.11 Å². The zero-order valence-corrected chi connectivity index (χ0v) is 4.72. The van der Waals surface area contributed by atoms with Crippen LogP contribution in [0.25, 0.3) is 0 Å². The summed E-state index contributed by atoms with van der Waals surface area (Å²) in [6, 6.07) is 0. The highest BCUT2D eigenvalue weighted by Gasteiger charge is 2.00. The van der Waals surface area contributed by atoms with Gasteiger partial charge in [0.15, 0.2) is 6.29 Å². The normalized spacial score (nSPS) is 11.1. The maximum atomic E-state index is 9.89. The summed E-state index contributed by atoms with van der Waals surface area (Å²) in [6.07, 6.45) is -1.01. The number of aliphatic hydroxyl groups excluding tert-OH is 1. The molecule has 0 saturated heterocycles. The molecule has 2 nitrogen and oxygen atoms in total. The number of aliphatic hydroxyl groups is 1. The van der Waals surface area contributed by atoms with Crippen molar-refractivity contribution in [3.8, 4) is 0 Å². The van der Waals surface area contributed by atoms with E-state index in [-0.39, 0.29) is 0 Å². The minimum atomic E-state index is -1.38. The van der Waals surface area contributed by atoms with Crippen molar-refractivity contribution in [2.45, 2.75) is 26.6 Å². The molecular formula is C5H11O2. The molecule has 1 N–H and O–H groups in total. The predicted molar refractivity (Wildman–Crippen MR) is 26.1 cm³/mol. The zero-order chi connectivity index (χ0) is 5.86. The number of hydrogen-bond acceptors (Lipinski definition) is 1. The largest absolute Gasteiger partial charge is 0.366 e. The van der Waals surface area contributed by atoms with E-state index in [1.165, 1.54) is 0 Å². The summed E-state index contributed by atoms with van der Waals surface area (Å²) in [4.78, 5) is 0. The second-order valence-corrected chi connectivity index (χ2v) is 2.08. The van der Waals surface area contributed by atoms with Crippen molar-refractivity contribution in [2.24, 2.45) is 5.92 Å². The Labute approximate surface area is 43.8 Å². The highest BCUT2D eigenvalue weighted by atomic mass is 16.5. The standard InChI is InChI=1S/C5H11O2/c1-4(2)3-5(6)7/h4-6H,3H2,1-2H3. The molecule has 0 aliphatic carbocycles. The summed E-state index contributed by atoms with van der Waals surface area (Å²) >= 11 is 0. The van der Waals surface area contributed by atoms with E-state index in [4.69, 9.17) is 5.11 Å². The van der Waals surface area contributed by atoms with Crippen LogP contribution in [-0.2, 0) is 5.11 Å². The molecule has 0 aromatic carbocycles. The Bertz CT molecular complexity index is 35.3. The lowest BCUT2D eigenvalue weighted by atomic mass is 10.1. The van der Waals surface area contributed by atoms with Gasteiger partial charge < -0.3 is 5.11 Å². The van der Waals surface area contributed by atoms with Crippen LogP contribution in [0.4, 0.5) is 0 Å². The van der Waals surface area contributed by atoms with Crippen LogP contribution in [0.2, 0.25) is 0 Å². The van der Waals surface area contributed by atoms with E-state index in [2.05, 4.69) is 0 Å². The molecule has 0 fully saturated rings. The number of rotatable bonds is 2. The maximum absolute atomic E-state index is 9.89. The Morgan fingerprint density at radius 3 is 2.00 bits per heavy atom. The van der Waals surface area contributed by atoms with Crippen molar-refractivity contribution in [3.63, 3.8) is 0 Å². The summed E-state index contributed by atoms with van der Waals surface area (Å²) in [7, 11) is 0. The number of hydrogen-bond donors (Lipinski definition) is 1. The molecule has 0 heterocycles. The molecule has 0 aromatic heterocycles. The summed E-state index contributed by atoms with van der Waals surface area (Å²) in [5, 5.41) is 18.1. The first-order valence-electron chi connectivity index (χ1n) is 2.47. The fourth-order valence-corrected chi connectivity index (χ4v) is 0.403. The highest BCUT2D eigenvalue weighted by Crippen LogP contribution is 2.00. The smallest absolute Gasteiger partial charge is 0.189 e. The maximum Gasteiger partial charge on any atom is 0.189 e. The third kappa shape index (κ3) is 5.92. The van der Waals surface area contributed by atoms with E-state index in [9.17, 15) is 5.11 Å². The molecule has 0 rings (SSSR count). The van der Waals surface area contributed by atoms with Crippen LogP contribution < -0.4 is 0 Å². The van der Waals surface area contributed by atoms with Crippen molar-refractivity contribution < 1.29 is 10.2 Å². The average molecular weight is 103 g/mol. The first-order valence-corrected chi connectivity index (χ1v) is 2.47.